The number of nitrogens with zero attached hydrogens (tertiary/aromatic N) is 1. The lowest BCUT2D eigenvalue weighted by Gasteiger charge is -2.19. The number of esters is 1. The minimum Gasteiger partial charge on any atom is -0.465 e. The molecule has 0 spiro atoms. The second-order valence-corrected chi connectivity index (χ2v) is 6.64. The monoisotopic (exact) mass is 314 g/mol. The smallest absolute Gasteiger partial charge is 0.317 e. The van der Waals surface area contributed by atoms with Crippen molar-refractivity contribution in [2.75, 3.05) is 31.7 Å². The zero-order valence-electron chi connectivity index (χ0n) is 13.6. The van der Waals surface area contributed by atoms with Crippen molar-refractivity contribution in [3.8, 4) is 0 Å². The van der Waals surface area contributed by atoms with Crippen LogP contribution in [0.1, 0.15) is 40.3 Å². The highest BCUT2D eigenvalue weighted by atomic mass is 32.1. The van der Waals surface area contributed by atoms with Crippen LogP contribution in [0.3, 0.4) is 0 Å². The molecule has 0 fully saturated rings. The first-order chi connectivity index (χ1) is 9.87. The van der Waals surface area contributed by atoms with Gasteiger partial charge in [0, 0.05) is 18.5 Å². The molecule has 0 atom stereocenters. The second-order valence-electron chi connectivity index (χ2n) is 5.78. The van der Waals surface area contributed by atoms with Gasteiger partial charge in [0.25, 0.3) is 0 Å². The van der Waals surface area contributed by atoms with Crippen molar-refractivity contribution in [3.05, 3.63) is 11.1 Å². The molecule has 1 N–H and O–H groups in total. The van der Waals surface area contributed by atoms with Crippen molar-refractivity contribution in [2.24, 2.45) is 5.92 Å². The summed E-state index contributed by atoms with van der Waals surface area (Å²) in [7, 11) is 0. The number of aromatic nitrogens is 1. The summed E-state index contributed by atoms with van der Waals surface area (Å²) in [5.74, 6) is 0.295. The van der Waals surface area contributed by atoms with Crippen molar-refractivity contribution < 1.29 is 14.3 Å². The number of thiazole rings is 1. The normalized spacial score (nSPS) is 11.7. The molecule has 6 heteroatoms. The van der Waals surface area contributed by atoms with Crippen LogP contribution in [0.15, 0.2) is 5.38 Å². The number of hydrogen-bond donors (Lipinski definition) is 1. The topological polar surface area (TPSA) is 60.5 Å². The van der Waals surface area contributed by atoms with Gasteiger partial charge in [0.05, 0.1) is 18.9 Å². The first-order valence-electron chi connectivity index (χ1n) is 7.32. The summed E-state index contributed by atoms with van der Waals surface area (Å²) in [4.78, 5) is 16.4. The van der Waals surface area contributed by atoms with Gasteiger partial charge in [-0.05, 0) is 26.7 Å². The van der Waals surface area contributed by atoms with E-state index in [1.807, 2.05) is 19.2 Å². The first-order valence-corrected chi connectivity index (χ1v) is 8.20. The van der Waals surface area contributed by atoms with Crippen molar-refractivity contribution in [2.45, 2.75) is 40.0 Å². The standard InChI is InChI=1S/C15H26N2O3S/c1-6-20-13(18)15(4,5)12-10-21-14(17-12)16-7-8-19-9-11(2)3/h10-11H,6-9H2,1-5H3,(H,16,17). The lowest BCUT2D eigenvalue weighted by Crippen LogP contribution is -2.31. The van der Waals surface area contributed by atoms with Crippen molar-refractivity contribution in [1.82, 2.24) is 4.98 Å². The molecule has 1 heterocycles. The Morgan fingerprint density at radius 1 is 1.48 bits per heavy atom. The van der Waals surface area contributed by atoms with Gasteiger partial charge < -0.3 is 14.8 Å². The lowest BCUT2D eigenvalue weighted by atomic mass is 9.90. The molecular formula is C15H26N2O3S. The fourth-order valence-electron chi connectivity index (χ4n) is 1.61. The molecule has 0 unspecified atom stereocenters. The molecule has 0 amide bonds. The van der Waals surface area contributed by atoms with E-state index in [-0.39, 0.29) is 5.97 Å². The van der Waals surface area contributed by atoms with Crippen LogP contribution in [0.5, 0.6) is 0 Å². The predicted octanol–water partition coefficient (Wildman–Crippen LogP) is 3.07. The fraction of sp³-hybridized carbons (Fsp3) is 0.733. The van der Waals surface area contributed by atoms with Gasteiger partial charge in [0.2, 0.25) is 0 Å². The maximum atomic E-state index is 11.9. The Morgan fingerprint density at radius 3 is 2.81 bits per heavy atom. The van der Waals surface area contributed by atoms with Crippen LogP contribution in [0.4, 0.5) is 5.13 Å². The van der Waals surface area contributed by atoms with Crippen LogP contribution in [-0.4, -0.2) is 37.3 Å². The Morgan fingerprint density at radius 2 is 2.19 bits per heavy atom. The zero-order chi connectivity index (χ0) is 15.9. The van der Waals surface area contributed by atoms with E-state index >= 15 is 0 Å². The fourth-order valence-corrected chi connectivity index (χ4v) is 2.51. The van der Waals surface area contributed by atoms with Crippen LogP contribution in [0.2, 0.25) is 0 Å². The quantitative estimate of drug-likeness (QED) is 0.561. The summed E-state index contributed by atoms with van der Waals surface area (Å²) in [5.41, 5.74) is 0.0113. The maximum absolute atomic E-state index is 11.9. The minimum atomic E-state index is -0.722. The summed E-state index contributed by atoms with van der Waals surface area (Å²) in [5, 5.41) is 5.91. The molecule has 0 aliphatic rings. The lowest BCUT2D eigenvalue weighted by molar-refractivity contribution is -0.148. The third kappa shape index (κ3) is 5.63. The predicted molar refractivity (Wildman–Crippen MR) is 85.9 cm³/mol. The van der Waals surface area contributed by atoms with Gasteiger partial charge in [-0.25, -0.2) is 4.98 Å². The molecular weight excluding hydrogens is 288 g/mol. The van der Waals surface area contributed by atoms with Gasteiger partial charge in [0.1, 0.15) is 5.41 Å². The summed E-state index contributed by atoms with van der Waals surface area (Å²) in [6, 6.07) is 0. The Bertz CT molecular complexity index is 444. The zero-order valence-corrected chi connectivity index (χ0v) is 14.4. The number of hydrogen-bond acceptors (Lipinski definition) is 6. The summed E-state index contributed by atoms with van der Waals surface area (Å²) in [6.07, 6.45) is 0. The Balaban J connectivity index is 2.47. The molecule has 1 aromatic heterocycles. The van der Waals surface area contributed by atoms with Gasteiger partial charge in [-0.2, -0.15) is 0 Å². The molecule has 0 saturated heterocycles. The van der Waals surface area contributed by atoms with E-state index < -0.39 is 5.41 Å². The number of carbonyl (C=O) groups excluding carboxylic acids is 1. The summed E-state index contributed by atoms with van der Waals surface area (Å²) < 4.78 is 10.6. The van der Waals surface area contributed by atoms with Gasteiger partial charge in [0.15, 0.2) is 5.13 Å². The number of anilines is 1. The average molecular weight is 314 g/mol. The molecule has 1 rings (SSSR count). The van der Waals surface area contributed by atoms with Crippen LogP contribution in [-0.2, 0) is 19.7 Å². The highest BCUT2D eigenvalue weighted by Gasteiger charge is 2.33. The van der Waals surface area contributed by atoms with Crippen molar-refractivity contribution >= 4 is 22.4 Å². The molecule has 0 aromatic carbocycles. The third-order valence-electron chi connectivity index (χ3n) is 2.90. The van der Waals surface area contributed by atoms with Crippen LogP contribution in [0, 0.1) is 5.92 Å². The Labute approximate surface area is 131 Å². The highest BCUT2D eigenvalue weighted by Crippen LogP contribution is 2.28. The summed E-state index contributed by atoms with van der Waals surface area (Å²) in [6.45, 7) is 12.2. The van der Waals surface area contributed by atoms with Crippen LogP contribution >= 0.6 is 11.3 Å². The maximum Gasteiger partial charge on any atom is 0.317 e. The second kappa shape index (κ2) is 8.34. The number of rotatable bonds is 9. The van der Waals surface area contributed by atoms with E-state index in [0.717, 1.165) is 17.4 Å². The number of ether oxygens (including phenoxy) is 2. The third-order valence-corrected chi connectivity index (χ3v) is 3.70. The largest absolute Gasteiger partial charge is 0.465 e. The van der Waals surface area contributed by atoms with E-state index in [1.54, 1.807) is 6.92 Å². The van der Waals surface area contributed by atoms with E-state index in [2.05, 4.69) is 24.1 Å². The molecule has 0 saturated carbocycles. The molecule has 5 nitrogen and oxygen atoms in total. The SMILES string of the molecule is CCOC(=O)C(C)(C)c1csc(NCCOCC(C)C)n1. The van der Waals surface area contributed by atoms with Crippen LogP contribution in [0.25, 0.3) is 0 Å². The Kier molecular flexibility index (Phi) is 7.11. The van der Waals surface area contributed by atoms with Crippen molar-refractivity contribution in [3.63, 3.8) is 0 Å². The molecule has 1 aromatic rings. The summed E-state index contributed by atoms with van der Waals surface area (Å²) >= 11 is 1.49. The first kappa shape index (κ1) is 17.9. The van der Waals surface area contributed by atoms with Crippen molar-refractivity contribution in [1.29, 1.82) is 0 Å². The Hall–Kier alpha value is -1.14. The molecule has 0 radical (unpaired) electrons. The van der Waals surface area contributed by atoms with E-state index in [4.69, 9.17) is 9.47 Å². The molecule has 0 aliphatic heterocycles. The minimum absolute atomic E-state index is 0.248. The van der Waals surface area contributed by atoms with Gasteiger partial charge in [-0.1, -0.05) is 13.8 Å². The van der Waals surface area contributed by atoms with Gasteiger partial charge in [-0.3, -0.25) is 4.79 Å². The van der Waals surface area contributed by atoms with Crippen LogP contribution < -0.4 is 5.32 Å². The molecule has 120 valence electrons. The van der Waals surface area contributed by atoms with E-state index in [1.165, 1.54) is 11.3 Å². The average Bonchev–Trinajstić information content (AvgIpc) is 2.87. The van der Waals surface area contributed by atoms with Gasteiger partial charge in [-0.15, -0.1) is 11.3 Å². The molecule has 21 heavy (non-hydrogen) atoms. The molecule has 0 bridgehead atoms. The molecule has 0 aliphatic carbocycles. The highest BCUT2D eigenvalue weighted by molar-refractivity contribution is 7.13. The number of carbonyl (C=O) groups is 1. The number of nitrogens with one attached hydrogen (secondary N) is 1. The van der Waals surface area contributed by atoms with E-state index in [0.29, 0.717) is 25.7 Å². The van der Waals surface area contributed by atoms with E-state index in [9.17, 15) is 4.79 Å². The van der Waals surface area contributed by atoms with Gasteiger partial charge >= 0.3 is 5.97 Å².